The molecular formula is C19H21FN6O2S. The van der Waals surface area contributed by atoms with Gasteiger partial charge in [0, 0.05) is 13.1 Å². The van der Waals surface area contributed by atoms with Crippen LogP contribution in [0, 0.1) is 12.7 Å². The van der Waals surface area contributed by atoms with Crippen molar-refractivity contribution in [3.63, 3.8) is 0 Å². The van der Waals surface area contributed by atoms with Crippen LogP contribution >= 0.6 is 0 Å². The molecule has 152 valence electrons. The van der Waals surface area contributed by atoms with Crippen LogP contribution in [0.25, 0.3) is 5.95 Å². The molecule has 0 atom stereocenters. The van der Waals surface area contributed by atoms with Crippen molar-refractivity contribution in [1.82, 2.24) is 19.7 Å². The molecule has 0 unspecified atom stereocenters. The summed E-state index contributed by atoms with van der Waals surface area (Å²) >= 11 is 0. The van der Waals surface area contributed by atoms with E-state index in [4.69, 9.17) is 0 Å². The molecule has 3 aromatic rings. The quantitative estimate of drug-likeness (QED) is 0.688. The van der Waals surface area contributed by atoms with Crippen molar-refractivity contribution in [1.29, 1.82) is 0 Å². The lowest BCUT2D eigenvalue weighted by Crippen LogP contribution is -2.29. The second kappa shape index (κ2) is 7.78. The Hall–Kier alpha value is -3.01. The SMILES string of the molecule is Cc1cc(S(=O)(=O)Nc2cnn(-c3ncc(N4CCCCC4)cn3)c2)ccc1F. The molecule has 2 aromatic heterocycles. The van der Waals surface area contributed by atoms with Crippen molar-refractivity contribution in [3.8, 4) is 5.95 Å². The van der Waals surface area contributed by atoms with Crippen LogP contribution in [0.3, 0.4) is 0 Å². The van der Waals surface area contributed by atoms with E-state index >= 15 is 0 Å². The molecule has 0 aliphatic carbocycles. The number of sulfonamides is 1. The van der Waals surface area contributed by atoms with Gasteiger partial charge in [-0.15, -0.1) is 0 Å². The Kier molecular flexibility index (Phi) is 5.18. The second-order valence-electron chi connectivity index (χ2n) is 6.98. The molecule has 0 radical (unpaired) electrons. The van der Waals surface area contributed by atoms with Gasteiger partial charge in [0.2, 0.25) is 0 Å². The topological polar surface area (TPSA) is 93.0 Å². The molecule has 1 aliphatic rings. The van der Waals surface area contributed by atoms with Gasteiger partial charge in [-0.1, -0.05) is 0 Å². The molecular weight excluding hydrogens is 395 g/mol. The highest BCUT2D eigenvalue weighted by molar-refractivity contribution is 7.92. The van der Waals surface area contributed by atoms with E-state index < -0.39 is 15.8 Å². The van der Waals surface area contributed by atoms with E-state index in [2.05, 4.69) is 24.7 Å². The zero-order valence-corrected chi connectivity index (χ0v) is 16.7. The number of aryl methyl sites for hydroxylation is 1. The van der Waals surface area contributed by atoms with Crippen molar-refractivity contribution in [2.75, 3.05) is 22.7 Å². The average molecular weight is 416 g/mol. The van der Waals surface area contributed by atoms with E-state index in [9.17, 15) is 12.8 Å². The molecule has 10 heteroatoms. The van der Waals surface area contributed by atoms with Gasteiger partial charge in [0.15, 0.2) is 0 Å². The Morgan fingerprint density at radius 3 is 2.48 bits per heavy atom. The summed E-state index contributed by atoms with van der Waals surface area (Å²) in [5, 5.41) is 4.13. The summed E-state index contributed by atoms with van der Waals surface area (Å²) in [6.07, 6.45) is 9.94. The number of nitrogens with one attached hydrogen (secondary N) is 1. The molecule has 1 aromatic carbocycles. The van der Waals surface area contributed by atoms with Crippen molar-refractivity contribution in [3.05, 3.63) is 54.4 Å². The van der Waals surface area contributed by atoms with Crippen LogP contribution in [0.2, 0.25) is 0 Å². The fourth-order valence-electron chi connectivity index (χ4n) is 3.23. The average Bonchev–Trinajstić information content (AvgIpc) is 3.18. The van der Waals surface area contributed by atoms with Crippen LogP contribution < -0.4 is 9.62 Å². The van der Waals surface area contributed by atoms with E-state index in [-0.39, 0.29) is 16.1 Å². The van der Waals surface area contributed by atoms with Crippen LogP contribution in [-0.2, 0) is 10.0 Å². The van der Waals surface area contributed by atoms with E-state index in [0.717, 1.165) is 37.7 Å². The molecule has 4 rings (SSSR count). The molecule has 3 heterocycles. The van der Waals surface area contributed by atoms with Crippen molar-refractivity contribution in [2.24, 2.45) is 0 Å². The Balaban J connectivity index is 1.50. The number of halogens is 1. The lowest BCUT2D eigenvalue weighted by atomic mass is 10.1. The summed E-state index contributed by atoms with van der Waals surface area (Å²) in [6, 6.07) is 3.63. The third-order valence-electron chi connectivity index (χ3n) is 4.83. The largest absolute Gasteiger partial charge is 0.369 e. The lowest BCUT2D eigenvalue weighted by molar-refractivity contribution is 0.576. The van der Waals surface area contributed by atoms with Gasteiger partial charge in [0.25, 0.3) is 16.0 Å². The molecule has 29 heavy (non-hydrogen) atoms. The van der Waals surface area contributed by atoms with E-state index in [1.54, 1.807) is 12.4 Å². The smallest absolute Gasteiger partial charge is 0.262 e. The molecule has 1 saturated heterocycles. The third kappa shape index (κ3) is 4.21. The first kappa shape index (κ1) is 19.3. The van der Waals surface area contributed by atoms with Crippen LogP contribution in [-0.4, -0.2) is 41.3 Å². The molecule has 0 saturated carbocycles. The highest BCUT2D eigenvalue weighted by Crippen LogP contribution is 2.20. The van der Waals surface area contributed by atoms with Gasteiger partial charge in [-0.2, -0.15) is 5.10 Å². The molecule has 1 fully saturated rings. The molecule has 1 N–H and O–H groups in total. The summed E-state index contributed by atoms with van der Waals surface area (Å²) in [5.41, 5.74) is 1.48. The maximum absolute atomic E-state index is 13.4. The van der Waals surface area contributed by atoms with Gasteiger partial charge in [0.05, 0.1) is 41.1 Å². The molecule has 8 nitrogen and oxygen atoms in total. The first-order chi connectivity index (χ1) is 13.9. The Labute approximate surface area is 168 Å². The highest BCUT2D eigenvalue weighted by atomic mass is 32.2. The van der Waals surface area contributed by atoms with Gasteiger partial charge in [-0.3, -0.25) is 4.72 Å². The second-order valence-corrected chi connectivity index (χ2v) is 8.66. The standard InChI is InChI=1S/C19H21FN6O2S/c1-14-9-17(5-6-18(14)20)29(27,28)24-15-10-23-26(13-15)19-21-11-16(12-22-19)25-7-3-2-4-8-25/h5-6,9-13,24H,2-4,7-8H2,1H3. The van der Waals surface area contributed by atoms with Crippen LogP contribution in [0.5, 0.6) is 0 Å². The van der Waals surface area contributed by atoms with Crippen molar-refractivity contribution >= 4 is 21.4 Å². The van der Waals surface area contributed by atoms with Crippen LogP contribution in [0.15, 0.2) is 47.9 Å². The minimum atomic E-state index is -3.86. The van der Waals surface area contributed by atoms with Crippen molar-refractivity contribution in [2.45, 2.75) is 31.1 Å². The van der Waals surface area contributed by atoms with E-state index in [1.165, 1.54) is 42.6 Å². The minimum absolute atomic E-state index is 0.0220. The third-order valence-corrected chi connectivity index (χ3v) is 6.20. The predicted octanol–water partition coefficient (Wildman–Crippen LogP) is 2.90. The fraction of sp³-hybridized carbons (Fsp3) is 0.316. The maximum atomic E-state index is 13.4. The summed E-state index contributed by atoms with van der Waals surface area (Å²) in [6.45, 7) is 3.51. The van der Waals surface area contributed by atoms with Crippen LogP contribution in [0.1, 0.15) is 24.8 Å². The van der Waals surface area contributed by atoms with Gasteiger partial charge in [0.1, 0.15) is 5.82 Å². The first-order valence-corrected chi connectivity index (χ1v) is 10.8. The molecule has 0 amide bonds. The number of hydrogen-bond donors (Lipinski definition) is 1. The monoisotopic (exact) mass is 416 g/mol. The summed E-state index contributed by atoms with van der Waals surface area (Å²) in [4.78, 5) is 10.9. The summed E-state index contributed by atoms with van der Waals surface area (Å²) in [5.74, 6) is -0.115. The maximum Gasteiger partial charge on any atom is 0.262 e. The van der Waals surface area contributed by atoms with Gasteiger partial charge >= 0.3 is 0 Å². The Bertz CT molecular complexity index is 1110. The number of benzene rings is 1. The number of anilines is 2. The normalized spacial score (nSPS) is 14.8. The number of nitrogens with zero attached hydrogens (tertiary/aromatic N) is 5. The summed E-state index contributed by atoms with van der Waals surface area (Å²) in [7, 11) is -3.86. The Morgan fingerprint density at radius 1 is 1.07 bits per heavy atom. The molecule has 0 spiro atoms. The molecule has 1 aliphatic heterocycles. The highest BCUT2D eigenvalue weighted by Gasteiger charge is 2.17. The number of aromatic nitrogens is 4. The Morgan fingerprint density at radius 2 is 1.79 bits per heavy atom. The minimum Gasteiger partial charge on any atom is -0.369 e. The summed E-state index contributed by atoms with van der Waals surface area (Å²) < 4.78 is 42.3. The number of rotatable bonds is 5. The number of hydrogen-bond acceptors (Lipinski definition) is 6. The lowest BCUT2D eigenvalue weighted by Gasteiger charge is -2.28. The first-order valence-electron chi connectivity index (χ1n) is 9.33. The van der Waals surface area contributed by atoms with Crippen molar-refractivity contribution < 1.29 is 12.8 Å². The van der Waals surface area contributed by atoms with E-state index in [0.29, 0.717) is 5.95 Å². The predicted molar refractivity (Wildman–Crippen MR) is 107 cm³/mol. The number of piperidine rings is 1. The fourth-order valence-corrected chi connectivity index (χ4v) is 4.34. The van der Waals surface area contributed by atoms with Gasteiger partial charge < -0.3 is 4.90 Å². The zero-order chi connectivity index (χ0) is 20.4. The van der Waals surface area contributed by atoms with E-state index in [1.807, 2.05) is 0 Å². The van der Waals surface area contributed by atoms with Gasteiger partial charge in [-0.25, -0.2) is 27.5 Å². The van der Waals surface area contributed by atoms with Gasteiger partial charge in [-0.05, 0) is 49.9 Å². The van der Waals surface area contributed by atoms with Crippen LogP contribution in [0.4, 0.5) is 15.8 Å². The molecule has 0 bridgehead atoms. The zero-order valence-electron chi connectivity index (χ0n) is 15.9.